The fourth-order valence-electron chi connectivity index (χ4n) is 4.28. The van der Waals surface area contributed by atoms with Crippen LogP contribution in [0, 0.1) is 13.8 Å². The van der Waals surface area contributed by atoms with Crippen LogP contribution in [-0.2, 0) is 14.2 Å². The standard InChI is InChI=1S/C29H27N3O6S/c1-17-5-9-19(10-6-17)27(33)36-16-23-22(38-28(34)20-11-7-18(2)8-12-20)14-25(37-23)32-15-21(24-4-3-13-39-24)26(30)31-29(32)35/h3-13,15,22-23,25H,14,16H2,1-2H3,(H2,30,31,35)/t22-,23+,25-/m0/s1. The van der Waals surface area contributed by atoms with Crippen LogP contribution in [0.25, 0.3) is 10.4 Å². The Morgan fingerprint density at radius 1 is 1.03 bits per heavy atom. The zero-order chi connectivity index (χ0) is 27.5. The molecule has 9 nitrogen and oxygen atoms in total. The minimum atomic E-state index is -0.816. The van der Waals surface area contributed by atoms with Crippen molar-refractivity contribution in [1.82, 2.24) is 9.55 Å². The van der Waals surface area contributed by atoms with Gasteiger partial charge in [-0.15, -0.1) is 11.3 Å². The number of ether oxygens (including phenoxy) is 3. The van der Waals surface area contributed by atoms with Gasteiger partial charge in [-0.3, -0.25) is 4.57 Å². The van der Waals surface area contributed by atoms with Gasteiger partial charge >= 0.3 is 17.6 Å². The summed E-state index contributed by atoms with van der Waals surface area (Å²) in [4.78, 5) is 43.2. The Balaban J connectivity index is 1.39. The van der Waals surface area contributed by atoms with Gasteiger partial charge in [-0.1, -0.05) is 41.5 Å². The zero-order valence-corrected chi connectivity index (χ0v) is 22.2. The van der Waals surface area contributed by atoms with Gasteiger partial charge in [0.2, 0.25) is 0 Å². The van der Waals surface area contributed by atoms with Crippen molar-refractivity contribution in [3.05, 3.63) is 105 Å². The Hall–Kier alpha value is -4.28. The average molecular weight is 546 g/mol. The predicted octanol–water partition coefficient (Wildman–Crippen LogP) is 4.54. The molecule has 2 N–H and O–H groups in total. The number of esters is 2. The number of thiophene rings is 1. The Morgan fingerprint density at radius 2 is 1.67 bits per heavy atom. The number of carbonyl (C=O) groups is 2. The minimum Gasteiger partial charge on any atom is -0.459 e. The van der Waals surface area contributed by atoms with Crippen molar-refractivity contribution < 1.29 is 23.8 Å². The Morgan fingerprint density at radius 3 is 2.28 bits per heavy atom. The van der Waals surface area contributed by atoms with Crippen LogP contribution in [0.15, 0.2) is 77.0 Å². The third-order valence-corrected chi connectivity index (χ3v) is 7.37. The van der Waals surface area contributed by atoms with Gasteiger partial charge in [-0.05, 0) is 49.6 Å². The third-order valence-electron chi connectivity index (χ3n) is 6.47. The van der Waals surface area contributed by atoms with Crippen molar-refractivity contribution in [2.45, 2.75) is 38.7 Å². The first kappa shape index (κ1) is 26.3. The minimum absolute atomic E-state index is 0.114. The molecular formula is C29H27N3O6S. The molecular weight excluding hydrogens is 518 g/mol. The fraction of sp³-hybridized carbons (Fsp3) is 0.241. The summed E-state index contributed by atoms with van der Waals surface area (Å²) >= 11 is 1.46. The molecule has 0 spiro atoms. The van der Waals surface area contributed by atoms with Crippen molar-refractivity contribution in [2.75, 3.05) is 12.3 Å². The van der Waals surface area contributed by atoms with E-state index in [2.05, 4.69) is 4.98 Å². The van der Waals surface area contributed by atoms with E-state index in [9.17, 15) is 14.4 Å². The first-order chi connectivity index (χ1) is 18.8. The van der Waals surface area contributed by atoms with Gasteiger partial charge in [-0.25, -0.2) is 14.4 Å². The van der Waals surface area contributed by atoms with Crippen LogP contribution in [0.4, 0.5) is 5.82 Å². The largest absolute Gasteiger partial charge is 0.459 e. The maximum atomic E-state index is 12.9. The molecule has 0 amide bonds. The van der Waals surface area contributed by atoms with Gasteiger partial charge < -0.3 is 19.9 Å². The van der Waals surface area contributed by atoms with E-state index >= 15 is 0 Å². The summed E-state index contributed by atoms with van der Waals surface area (Å²) < 4.78 is 18.8. The summed E-state index contributed by atoms with van der Waals surface area (Å²) in [6.45, 7) is 3.67. The van der Waals surface area contributed by atoms with Crippen molar-refractivity contribution in [3.63, 3.8) is 0 Å². The number of aromatic nitrogens is 2. The van der Waals surface area contributed by atoms with E-state index in [1.54, 1.807) is 30.5 Å². The van der Waals surface area contributed by atoms with Gasteiger partial charge in [0.15, 0.2) is 0 Å². The molecule has 0 saturated carbocycles. The van der Waals surface area contributed by atoms with E-state index in [-0.39, 0.29) is 18.8 Å². The van der Waals surface area contributed by atoms with Crippen LogP contribution in [0.1, 0.15) is 44.5 Å². The molecule has 0 unspecified atom stereocenters. The van der Waals surface area contributed by atoms with Gasteiger partial charge in [0.1, 0.15) is 30.9 Å². The monoisotopic (exact) mass is 545 g/mol. The molecule has 10 heteroatoms. The molecule has 1 fully saturated rings. The van der Waals surface area contributed by atoms with Crippen molar-refractivity contribution >= 4 is 29.1 Å². The second-order valence-corrected chi connectivity index (χ2v) is 10.3. The second kappa shape index (κ2) is 11.2. The van der Waals surface area contributed by atoms with Crippen LogP contribution in [0.3, 0.4) is 0 Å². The lowest BCUT2D eigenvalue weighted by atomic mass is 10.1. The number of nitrogens with zero attached hydrogens (tertiary/aromatic N) is 2. The lowest BCUT2D eigenvalue weighted by Crippen LogP contribution is -2.32. The van der Waals surface area contributed by atoms with E-state index in [0.29, 0.717) is 16.7 Å². The Kier molecular flexibility index (Phi) is 7.58. The number of benzene rings is 2. The summed E-state index contributed by atoms with van der Waals surface area (Å²) in [6.07, 6.45) is -0.665. The highest BCUT2D eigenvalue weighted by molar-refractivity contribution is 7.13. The lowest BCUT2D eigenvalue weighted by molar-refractivity contribution is -0.0581. The summed E-state index contributed by atoms with van der Waals surface area (Å²) in [5.74, 6) is -0.958. The number of nitrogen functional groups attached to an aromatic ring is 1. The summed E-state index contributed by atoms with van der Waals surface area (Å²) in [5, 5.41) is 1.90. The second-order valence-electron chi connectivity index (χ2n) is 9.35. The smallest absolute Gasteiger partial charge is 0.351 e. The van der Waals surface area contributed by atoms with E-state index in [0.717, 1.165) is 16.0 Å². The molecule has 2 aromatic carbocycles. The third kappa shape index (κ3) is 5.92. The number of carbonyl (C=O) groups excluding carboxylic acids is 2. The molecule has 1 aliphatic rings. The SMILES string of the molecule is Cc1ccc(C(=O)OC[C@H]2O[C@H](n3cc(-c4cccs4)c(N)nc3=O)C[C@@H]2OC(=O)c2ccc(C)cc2)cc1. The number of anilines is 1. The van der Waals surface area contributed by atoms with Gasteiger partial charge in [0.25, 0.3) is 0 Å². The quantitative estimate of drug-likeness (QED) is 0.336. The van der Waals surface area contributed by atoms with Crippen LogP contribution < -0.4 is 11.4 Å². The summed E-state index contributed by atoms with van der Waals surface area (Å²) in [7, 11) is 0. The maximum absolute atomic E-state index is 12.9. The van der Waals surface area contributed by atoms with E-state index in [1.165, 1.54) is 15.9 Å². The van der Waals surface area contributed by atoms with Crippen molar-refractivity contribution in [3.8, 4) is 10.4 Å². The predicted molar refractivity (Wildman–Crippen MR) is 147 cm³/mol. The molecule has 1 saturated heterocycles. The van der Waals surface area contributed by atoms with Crippen LogP contribution in [0.5, 0.6) is 0 Å². The molecule has 0 aliphatic carbocycles. The number of nitrogens with two attached hydrogens (primary N) is 1. The highest BCUT2D eigenvalue weighted by Crippen LogP contribution is 2.34. The summed E-state index contributed by atoms with van der Waals surface area (Å²) in [5.41, 5.74) is 8.83. The van der Waals surface area contributed by atoms with Gasteiger partial charge in [0.05, 0.1) is 16.7 Å². The molecule has 3 atom stereocenters. The molecule has 5 rings (SSSR count). The number of hydrogen-bond acceptors (Lipinski definition) is 9. The molecule has 1 aliphatic heterocycles. The van der Waals surface area contributed by atoms with Gasteiger partial charge in [0, 0.05) is 17.5 Å². The van der Waals surface area contributed by atoms with Crippen molar-refractivity contribution in [2.24, 2.45) is 0 Å². The molecule has 0 radical (unpaired) electrons. The van der Waals surface area contributed by atoms with Crippen LogP contribution in [-0.4, -0.2) is 40.3 Å². The Bertz CT molecular complexity index is 1530. The molecule has 4 aromatic rings. The van der Waals surface area contributed by atoms with Gasteiger partial charge in [-0.2, -0.15) is 4.98 Å². The maximum Gasteiger partial charge on any atom is 0.351 e. The van der Waals surface area contributed by atoms with E-state index in [4.69, 9.17) is 19.9 Å². The first-order valence-corrected chi connectivity index (χ1v) is 13.3. The van der Waals surface area contributed by atoms with Crippen molar-refractivity contribution in [1.29, 1.82) is 0 Å². The molecule has 39 heavy (non-hydrogen) atoms. The fourth-order valence-corrected chi connectivity index (χ4v) is 5.03. The van der Waals surface area contributed by atoms with E-state index < -0.39 is 36.1 Å². The van der Waals surface area contributed by atoms with Crippen LogP contribution >= 0.6 is 11.3 Å². The number of hydrogen-bond donors (Lipinski definition) is 1. The number of rotatable bonds is 7. The number of aryl methyl sites for hydroxylation is 2. The zero-order valence-electron chi connectivity index (χ0n) is 21.4. The lowest BCUT2D eigenvalue weighted by Gasteiger charge is -2.19. The van der Waals surface area contributed by atoms with E-state index in [1.807, 2.05) is 55.6 Å². The first-order valence-electron chi connectivity index (χ1n) is 12.4. The molecule has 0 bridgehead atoms. The van der Waals surface area contributed by atoms with Crippen LogP contribution in [0.2, 0.25) is 0 Å². The molecule has 3 heterocycles. The highest BCUT2D eigenvalue weighted by Gasteiger charge is 2.40. The normalized spacial score (nSPS) is 18.6. The Labute approximate surface area is 228 Å². The topological polar surface area (TPSA) is 123 Å². The summed E-state index contributed by atoms with van der Waals surface area (Å²) in [6, 6.07) is 17.7. The average Bonchev–Trinajstić information content (AvgIpc) is 3.59. The molecule has 200 valence electrons. The highest BCUT2D eigenvalue weighted by atomic mass is 32.1. The molecule has 2 aromatic heterocycles.